The van der Waals surface area contributed by atoms with Crippen LogP contribution in [-0.4, -0.2) is 12.5 Å². The molecule has 0 N–H and O–H groups in total. The predicted octanol–water partition coefficient (Wildman–Crippen LogP) is 3.68. The SMILES string of the molecule is O=C(c1ccco1)N(C/C=C/Cl)c1ccccc1. The number of hydrogen-bond acceptors (Lipinski definition) is 2. The van der Waals surface area contributed by atoms with E-state index in [1.807, 2.05) is 30.3 Å². The van der Waals surface area contributed by atoms with Gasteiger partial charge in [-0.3, -0.25) is 4.79 Å². The fourth-order valence-electron chi connectivity index (χ4n) is 1.59. The molecule has 0 spiro atoms. The van der Waals surface area contributed by atoms with Crippen LogP contribution in [-0.2, 0) is 0 Å². The molecule has 1 amide bonds. The van der Waals surface area contributed by atoms with E-state index in [-0.39, 0.29) is 5.91 Å². The molecule has 0 unspecified atom stereocenters. The third kappa shape index (κ3) is 2.81. The molecule has 0 saturated carbocycles. The lowest BCUT2D eigenvalue weighted by Crippen LogP contribution is -2.30. The highest BCUT2D eigenvalue weighted by molar-refractivity contribution is 6.25. The van der Waals surface area contributed by atoms with E-state index in [2.05, 4.69) is 0 Å². The summed E-state index contributed by atoms with van der Waals surface area (Å²) in [6.07, 6.45) is 3.18. The number of nitrogens with zero attached hydrogens (tertiary/aromatic N) is 1. The summed E-state index contributed by atoms with van der Waals surface area (Å²) in [6.45, 7) is 0.396. The molecule has 0 aliphatic heterocycles. The lowest BCUT2D eigenvalue weighted by atomic mass is 10.2. The normalized spacial score (nSPS) is 10.7. The minimum Gasteiger partial charge on any atom is -0.459 e. The van der Waals surface area contributed by atoms with Crippen LogP contribution in [0.1, 0.15) is 10.6 Å². The highest BCUT2D eigenvalue weighted by atomic mass is 35.5. The Morgan fingerprint density at radius 2 is 2.00 bits per heavy atom. The van der Waals surface area contributed by atoms with Crippen LogP contribution in [0.15, 0.2) is 64.8 Å². The summed E-state index contributed by atoms with van der Waals surface area (Å²) in [5.41, 5.74) is 2.19. The van der Waals surface area contributed by atoms with Crippen molar-refractivity contribution in [2.24, 2.45) is 0 Å². The average Bonchev–Trinajstić information content (AvgIpc) is 2.94. The maximum absolute atomic E-state index is 12.3. The third-order valence-electron chi connectivity index (χ3n) is 2.42. The van der Waals surface area contributed by atoms with Gasteiger partial charge in [0.1, 0.15) is 0 Å². The van der Waals surface area contributed by atoms with E-state index in [9.17, 15) is 4.79 Å². The van der Waals surface area contributed by atoms with Crippen LogP contribution in [0.5, 0.6) is 0 Å². The van der Waals surface area contributed by atoms with Gasteiger partial charge in [-0.25, -0.2) is 0 Å². The maximum atomic E-state index is 12.3. The molecule has 3 nitrogen and oxygen atoms in total. The Bertz CT molecular complexity index is 520. The molecule has 1 heterocycles. The fourth-order valence-corrected chi connectivity index (χ4v) is 1.67. The molecule has 0 radical (unpaired) electrons. The van der Waals surface area contributed by atoms with E-state index < -0.39 is 0 Å². The van der Waals surface area contributed by atoms with Crippen molar-refractivity contribution in [3.8, 4) is 0 Å². The predicted molar refractivity (Wildman–Crippen MR) is 71.8 cm³/mol. The van der Waals surface area contributed by atoms with Gasteiger partial charge in [0, 0.05) is 17.8 Å². The lowest BCUT2D eigenvalue weighted by molar-refractivity contribution is 0.0963. The molecule has 0 saturated heterocycles. The Labute approximate surface area is 110 Å². The second-order valence-corrected chi connectivity index (χ2v) is 3.84. The first-order valence-corrected chi connectivity index (χ1v) is 5.92. The van der Waals surface area contributed by atoms with Gasteiger partial charge in [0.15, 0.2) is 5.76 Å². The van der Waals surface area contributed by atoms with E-state index >= 15 is 0 Å². The molecule has 2 rings (SSSR count). The number of hydrogen-bond donors (Lipinski definition) is 0. The maximum Gasteiger partial charge on any atom is 0.294 e. The highest BCUT2D eigenvalue weighted by Gasteiger charge is 2.18. The molecule has 18 heavy (non-hydrogen) atoms. The zero-order chi connectivity index (χ0) is 12.8. The number of benzene rings is 1. The lowest BCUT2D eigenvalue weighted by Gasteiger charge is -2.19. The quantitative estimate of drug-likeness (QED) is 0.841. The Hall–Kier alpha value is -2.00. The molecular formula is C14H12ClNO2. The van der Waals surface area contributed by atoms with Crippen LogP contribution >= 0.6 is 11.6 Å². The van der Waals surface area contributed by atoms with Crippen molar-refractivity contribution in [1.82, 2.24) is 0 Å². The van der Waals surface area contributed by atoms with Crippen LogP contribution in [0.3, 0.4) is 0 Å². The minimum absolute atomic E-state index is 0.194. The average molecular weight is 262 g/mol. The van der Waals surface area contributed by atoms with Gasteiger partial charge in [0.05, 0.1) is 6.26 Å². The number of carbonyl (C=O) groups excluding carboxylic acids is 1. The highest BCUT2D eigenvalue weighted by Crippen LogP contribution is 2.17. The first-order chi connectivity index (χ1) is 8.83. The number of carbonyl (C=O) groups is 1. The molecule has 0 aliphatic carbocycles. The first kappa shape index (κ1) is 12.5. The Balaban J connectivity index is 2.28. The molecule has 92 valence electrons. The van der Waals surface area contributed by atoms with Crippen molar-refractivity contribution in [2.75, 3.05) is 11.4 Å². The number of para-hydroxylation sites is 1. The summed E-state index contributed by atoms with van der Waals surface area (Å²) in [7, 11) is 0. The van der Waals surface area contributed by atoms with Crippen LogP contribution < -0.4 is 4.90 Å². The van der Waals surface area contributed by atoms with Crippen molar-refractivity contribution < 1.29 is 9.21 Å². The van der Waals surface area contributed by atoms with Crippen molar-refractivity contribution in [3.63, 3.8) is 0 Å². The van der Waals surface area contributed by atoms with Crippen molar-refractivity contribution >= 4 is 23.2 Å². The second kappa shape index (κ2) is 6.07. The summed E-state index contributed by atoms with van der Waals surface area (Å²) in [5, 5.41) is 0. The molecule has 0 fully saturated rings. The Morgan fingerprint density at radius 3 is 2.61 bits per heavy atom. The van der Waals surface area contributed by atoms with Gasteiger partial charge in [-0.1, -0.05) is 35.9 Å². The minimum atomic E-state index is -0.194. The summed E-state index contributed by atoms with van der Waals surface area (Å²) >= 11 is 5.52. The molecule has 0 atom stereocenters. The smallest absolute Gasteiger partial charge is 0.294 e. The van der Waals surface area contributed by atoms with Gasteiger partial charge < -0.3 is 9.32 Å². The van der Waals surface area contributed by atoms with Crippen molar-refractivity contribution in [2.45, 2.75) is 0 Å². The molecule has 1 aromatic carbocycles. The number of halogens is 1. The van der Waals surface area contributed by atoms with Crippen LogP contribution in [0, 0.1) is 0 Å². The van der Waals surface area contributed by atoms with Gasteiger partial charge in [-0.05, 0) is 24.3 Å². The van der Waals surface area contributed by atoms with Gasteiger partial charge in [-0.15, -0.1) is 0 Å². The van der Waals surface area contributed by atoms with Crippen LogP contribution in [0.2, 0.25) is 0 Å². The molecule has 0 bridgehead atoms. The second-order valence-electron chi connectivity index (χ2n) is 3.59. The summed E-state index contributed by atoms with van der Waals surface area (Å²) in [5.74, 6) is 0.114. The summed E-state index contributed by atoms with van der Waals surface area (Å²) < 4.78 is 5.13. The number of rotatable bonds is 4. The fraction of sp³-hybridized carbons (Fsp3) is 0.0714. The van der Waals surface area contributed by atoms with Gasteiger partial charge in [0.2, 0.25) is 0 Å². The van der Waals surface area contributed by atoms with Crippen LogP contribution in [0.25, 0.3) is 0 Å². The van der Waals surface area contributed by atoms with Crippen molar-refractivity contribution in [3.05, 3.63) is 66.1 Å². The zero-order valence-electron chi connectivity index (χ0n) is 9.62. The zero-order valence-corrected chi connectivity index (χ0v) is 10.4. The topological polar surface area (TPSA) is 33.5 Å². The van der Waals surface area contributed by atoms with E-state index in [0.717, 1.165) is 5.69 Å². The molecular weight excluding hydrogens is 250 g/mol. The van der Waals surface area contributed by atoms with E-state index in [1.165, 1.54) is 11.8 Å². The number of furan rings is 1. The first-order valence-electron chi connectivity index (χ1n) is 5.48. The Morgan fingerprint density at radius 1 is 1.22 bits per heavy atom. The van der Waals surface area contributed by atoms with Gasteiger partial charge in [-0.2, -0.15) is 0 Å². The van der Waals surface area contributed by atoms with Crippen LogP contribution in [0.4, 0.5) is 5.69 Å². The monoisotopic (exact) mass is 261 g/mol. The number of anilines is 1. The Kier molecular flexibility index (Phi) is 4.20. The molecule has 4 heteroatoms. The third-order valence-corrected chi connectivity index (χ3v) is 2.60. The number of amides is 1. The van der Waals surface area contributed by atoms with E-state index in [4.69, 9.17) is 16.0 Å². The largest absolute Gasteiger partial charge is 0.459 e. The molecule has 0 aliphatic rings. The summed E-state index contributed by atoms with van der Waals surface area (Å²) in [6, 6.07) is 12.7. The standard InChI is InChI=1S/C14H12ClNO2/c15-9-5-10-16(12-6-2-1-3-7-12)14(17)13-8-4-11-18-13/h1-9,11H,10H2/b9-5+. The van der Waals surface area contributed by atoms with E-state index in [1.54, 1.807) is 23.1 Å². The molecule has 2 aromatic rings. The molecule has 1 aromatic heterocycles. The van der Waals surface area contributed by atoms with Gasteiger partial charge >= 0.3 is 0 Å². The van der Waals surface area contributed by atoms with E-state index in [0.29, 0.717) is 12.3 Å². The van der Waals surface area contributed by atoms with Crippen molar-refractivity contribution in [1.29, 1.82) is 0 Å². The van der Waals surface area contributed by atoms with Gasteiger partial charge in [0.25, 0.3) is 5.91 Å². The summed E-state index contributed by atoms with van der Waals surface area (Å²) in [4.78, 5) is 13.9.